The van der Waals surface area contributed by atoms with E-state index in [1.165, 1.54) is 0 Å². The summed E-state index contributed by atoms with van der Waals surface area (Å²) in [6, 6.07) is 9.11. The number of benzene rings is 1. The lowest BCUT2D eigenvalue weighted by Gasteiger charge is -2.00. The Hall–Kier alpha value is -2.69. The van der Waals surface area contributed by atoms with Gasteiger partial charge in [0.2, 0.25) is 0 Å². The Morgan fingerprint density at radius 2 is 2.00 bits per heavy atom. The van der Waals surface area contributed by atoms with E-state index >= 15 is 0 Å². The predicted octanol–water partition coefficient (Wildman–Crippen LogP) is 2.76. The fraction of sp³-hybridized carbons (Fsp3) is 0.133. The van der Waals surface area contributed by atoms with Crippen molar-refractivity contribution in [2.24, 2.45) is 0 Å². The third kappa shape index (κ3) is 2.14. The van der Waals surface area contributed by atoms with Gasteiger partial charge in [0.05, 0.1) is 6.42 Å². The van der Waals surface area contributed by atoms with E-state index in [1.807, 2.05) is 18.2 Å². The molecule has 2 heterocycles. The first-order valence-electron chi connectivity index (χ1n) is 6.26. The van der Waals surface area contributed by atoms with Crippen LogP contribution < -0.4 is 0 Å². The van der Waals surface area contributed by atoms with Crippen molar-refractivity contribution in [1.29, 1.82) is 0 Å². The lowest BCUT2D eigenvalue weighted by atomic mass is 10.0. The molecule has 3 rings (SSSR count). The monoisotopic (exact) mass is 268 g/mol. The molecule has 2 aromatic heterocycles. The van der Waals surface area contributed by atoms with Crippen LogP contribution in [0.4, 0.5) is 0 Å². The maximum atomic E-state index is 12.0. The zero-order chi connectivity index (χ0) is 14.1. The third-order valence-corrected chi connectivity index (χ3v) is 3.26. The van der Waals surface area contributed by atoms with E-state index < -0.39 is 5.97 Å². The topological polar surface area (TPSA) is 83.0 Å². The lowest BCUT2D eigenvalue weighted by molar-refractivity contribution is -0.136. The first-order valence-corrected chi connectivity index (χ1v) is 6.26. The molecule has 0 fully saturated rings. The Labute approximate surface area is 114 Å². The fourth-order valence-electron chi connectivity index (χ4n) is 2.26. The number of rotatable bonds is 4. The standard InChI is InChI=1S/C15H12N2O3/c18-13(5-6-14(19)20)9-3-4-12-11(8-9)10-2-1-7-16-15(10)17-12/h1-4,7-8H,5-6H2,(H,16,17)(H,19,20). The third-order valence-electron chi connectivity index (χ3n) is 3.26. The van der Waals surface area contributed by atoms with Crippen molar-refractivity contribution in [3.8, 4) is 0 Å². The number of hydrogen-bond donors (Lipinski definition) is 2. The molecule has 0 saturated heterocycles. The summed E-state index contributed by atoms with van der Waals surface area (Å²) in [6.45, 7) is 0. The lowest BCUT2D eigenvalue weighted by Crippen LogP contribution is -2.03. The highest BCUT2D eigenvalue weighted by molar-refractivity contribution is 6.09. The smallest absolute Gasteiger partial charge is 0.303 e. The van der Waals surface area contributed by atoms with Gasteiger partial charge in [0, 0.05) is 34.5 Å². The largest absolute Gasteiger partial charge is 0.481 e. The molecule has 5 nitrogen and oxygen atoms in total. The van der Waals surface area contributed by atoms with Crippen molar-refractivity contribution in [3.05, 3.63) is 42.1 Å². The van der Waals surface area contributed by atoms with Crippen LogP contribution in [-0.4, -0.2) is 26.8 Å². The van der Waals surface area contributed by atoms with Gasteiger partial charge in [-0.1, -0.05) is 0 Å². The van der Waals surface area contributed by atoms with Gasteiger partial charge in [-0.25, -0.2) is 4.98 Å². The minimum Gasteiger partial charge on any atom is -0.481 e. The van der Waals surface area contributed by atoms with Gasteiger partial charge in [0.15, 0.2) is 5.78 Å². The summed E-state index contributed by atoms with van der Waals surface area (Å²) in [5.74, 6) is -1.12. The Bertz CT molecular complexity index is 820. The van der Waals surface area contributed by atoms with Crippen LogP contribution in [0.1, 0.15) is 23.2 Å². The molecule has 0 aliphatic heterocycles. The van der Waals surface area contributed by atoms with Gasteiger partial charge in [0.1, 0.15) is 5.65 Å². The molecule has 1 aromatic carbocycles. The van der Waals surface area contributed by atoms with Crippen LogP contribution in [0.15, 0.2) is 36.5 Å². The molecule has 100 valence electrons. The number of ketones is 1. The molecular formula is C15H12N2O3. The average Bonchev–Trinajstić information content (AvgIpc) is 2.82. The van der Waals surface area contributed by atoms with Crippen LogP contribution in [0.25, 0.3) is 21.9 Å². The number of Topliss-reactive ketones (excluding diaryl/α,β-unsaturated/α-hetero) is 1. The molecule has 0 unspecified atom stereocenters. The van der Waals surface area contributed by atoms with Gasteiger partial charge in [-0.2, -0.15) is 0 Å². The number of carbonyl (C=O) groups excluding carboxylic acids is 1. The van der Waals surface area contributed by atoms with E-state index in [0.717, 1.165) is 21.9 Å². The number of pyridine rings is 1. The molecule has 0 atom stereocenters. The highest BCUT2D eigenvalue weighted by Crippen LogP contribution is 2.25. The summed E-state index contributed by atoms with van der Waals surface area (Å²) < 4.78 is 0. The number of aliphatic carboxylic acids is 1. The molecule has 3 aromatic rings. The van der Waals surface area contributed by atoms with Crippen molar-refractivity contribution in [2.75, 3.05) is 0 Å². The first-order chi connectivity index (χ1) is 9.65. The number of aromatic amines is 1. The van der Waals surface area contributed by atoms with E-state index in [4.69, 9.17) is 5.11 Å². The van der Waals surface area contributed by atoms with E-state index in [1.54, 1.807) is 18.3 Å². The van der Waals surface area contributed by atoms with E-state index in [2.05, 4.69) is 9.97 Å². The normalized spacial score (nSPS) is 11.0. The number of carboxylic acid groups (broad SMARTS) is 1. The second-order valence-electron chi connectivity index (χ2n) is 4.60. The summed E-state index contributed by atoms with van der Waals surface area (Å²) in [7, 11) is 0. The van der Waals surface area contributed by atoms with E-state index in [0.29, 0.717) is 5.56 Å². The highest BCUT2D eigenvalue weighted by Gasteiger charge is 2.11. The van der Waals surface area contributed by atoms with Crippen LogP contribution in [0.5, 0.6) is 0 Å². The molecule has 0 radical (unpaired) electrons. The first kappa shape index (κ1) is 12.3. The Kier molecular flexibility index (Phi) is 2.95. The number of fused-ring (bicyclic) bond motifs is 3. The minimum atomic E-state index is -0.962. The van der Waals surface area contributed by atoms with Crippen molar-refractivity contribution in [1.82, 2.24) is 9.97 Å². The van der Waals surface area contributed by atoms with Crippen molar-refractivity contribution < 1.29 is 14.7 Å². The number of nitrogens with one attached hydrogen (secondary N) is 1. The minimum absolute atomic E-state index is 0.0153. The zero-order valence-corrected chi connectivity index (χ0v) is 10.6. The van der Waals surface area contributed by atoms with Gasteiger partial charge in [-0.05, 0) is 30.3 Å². The van der Waals surface area contributed by atoms with Gasteiger partial charge in [0.25, 0.3) is 0 Å². The second-order valence-corrected chi connectivity index (χ2v) is 4.60. The number of nitrogens with zero attached hydrogens (tertiary/aromatic N) is 1. The quantitative estimate of drug-likeness (QED) is 0.713. The SMILES string of the molecule is O=C(O)CCC(=O)c1ccc2[nH]c3ncccc3c2c1. The van der Waals surface area contributed by atoms with Crippen LogP contribution >= 0.6 is 0 Å². The van der Waals surface area contributed by atoms with E-state index in [9.17, 15) is 9.59 Å². The maximum Gasteiger partial charge on any atom is 0.303 e. The van der Waals surface area contributed by atoms with E-state index in [-0.39, 0.29) is 18.6 Å². The Morgan fingerprint density at radius 3 is 2.80 bits per heavy atom. The van der Waals surface area contributed by atoms with Crippen LogP contribution in [0.3, 0.4) is 0 Å². The molecule has 0 aliphatic carbocycles. The number of carbonyl (C=O) groups is 2. The summed E-state index contributed by atoms with van der Waals surface area (Å²) in [4.78, 5) is 29.9. The zero-order valence-electron chi connectivity index (χ0n) is 10.6. The average molecular weight is 268 g/mol. The van der Waals surface area contributed by atoms with Crippen molar-refractivity contribution >= 4 is 33.7 Å². The van der Waals surface area contributed by atoms with Crippen LogP contribution in [0, 0.1) is 0 Å². The van der Waals surface area contributed by atoms with Gasteiger partial charge < -0.3 is 10.1 Å². The van der Waals surface area contributed by atoms with Crippen molar-refractivity contribution in [3.63, 3.8) is 0 Å². The number of aromatic nitrogens is 2. The summed E-state index contributed by atoms with van der Waals surface area (Å²) in [5, 5.41) is 10.5. The molecule has 0 spiro atoms. The molecule has 0 saturated carbocycles. The summed E-state index contributed by atoms with van der Waals surface area (Å²) in [6.07, 6.45) is 1.57. The molecule has 5 heteroatoms. The Balaban J connectivity index is 2.03. The van der Waals surface area contributed by atoms with Crippen LogP contribution in [0.2, 0.25) is 0 Å². The van der Waals surface area contributed by atoms with Gasteiger partial charge in [-0.3, -0.25) is 9.59 Å². The van der Waals surface area contributed by atoms with Crippen LogP contribution in [-0.2, 0) is 4.79 Å². The molecule has 20 heavy (non-hydrogen) atoms. The molecule has 0 bridgehead atoms. The van der Waals surface area contributed by atoms with Crippen molar-refractivity contribution in [2.45, 2.75) is 12.8 Å². The fourth-order valence-corrected chi connectivity index (χ4v) is 2.26. The maximum absolute atomic E-state index is 12.0. The molecule has 2 N–H and O–H groups in total. The molecular weight excluding hydrogens is 256 g/mol. The Morgan fingerprint density at radius 1 is 1.15 bits per heavy atom. The summed E-state index contributed by atoms with van der Waals surface area (Å²) >= 11 is 0. The number of H-pyrrole nitrogens is 1. The number of hydrogen-bond acceptors (Lipinski definition) is 3. The number of carboxylic acids is 1. The molecule has 0 amide bonds. The van der Waals surface area contributed by atoms with Gasteiger partial charge in [-0.15, -0.1) is 0 Å². The second kappa shape index (κ2) is 4.77. The summed E-state index contributed by atoms with van der Waals surface area (Å²) in [5.41, 5.74) is 2.22. The molecule has 0 aliphatic rings. The van der Waals surface area contributed by atoms with Gasteiger partial charge >= 0.3 is 5.97 Å². The highest BCUT2D eigenvalue weighted by atomic mass is 16.4. The predicted molar refractivity (Wildman–Crippen MR) is 74.8 cm³/mol.